The third-order valence-corrected chi connectivity index (χ3v) is 5.09. The lowest BCUT2D eigenvalue weighted by molar-refractivity contribution is 0.255. The molecule has 94 valence electrons. The second-order valence-corrected chi connectivity index (χ2v) is 6.41. The Balaban J connectivity index is 1.51. The minimum Gasteiger partial charge on any atom is -0.309 e. The van der Waals surface area contributed by atoms with E-state index in [1.807, 2.05) is 11.3 Å². The molecule has 17 heavy (non-hydrogen) atoms. The van der Waals surface area contributed by atoms with Gasteiger partial charge in [0.15, 0.2) is 0 Å². The van der Waals surface area contributed by atoms with Crippen molar-refractivity contribution in [3.63, 3.8) is 0 Å². The van der Waals surface area contributed by atoms with Crippen LogP contribution in [0, 0.1) is 6.92 Å². The van der Waals surface area contributed by atoms with Crippen LogP contribution in [0.4, 0.5) is 0 Å². The Kier molecular flexibility index (Phi) is 3.24. The van der Waals surface area contributed by atoms with Gasteiger partial charge in [0, 0.05) is 31.2 Å². The molecule has 1 saturated carbocycles. The molecule has 1 N–H and O–H groups in total. The van der Waals surface area contributed by atoms with E-state index in [1.54, 1.807) is 0 Å². The standard InChI is InChI=1S/C14H22N2S/c1-10-8-17-9-12(10)6-15-13-5-11(2)16(7-13)14-3-4-14/h8-9,11,13-15H,3-7H2,1-2H3. The van der Waals surface area contributed by atoms with E-state index in [2.05, 4.69) is 34.8 Å². The molecule has 2 heterocycles. The van der Waals surface area contributed by atoms with Crippen molar-refractivity contribution in [3.8, 4) is 0 Å². The first-order valence-electron chi connectivity index (χ1n) is 6.75. The number of nitrogens with one attached hydrogen (secondary N) is 1. The molecule has 0 radical (unpaired) electrons. The molecule has 1 aromatic rings. The zero-order valence-electron chi connectivity index (χ0n) is 10.8. The number of rotatable bonds is 4. The molecule has 0 bridgehead atoms. The van der Waals surface area contributed by atoms with Gasteiger partial charge in [0.25, 0.3) is 0 Å². The average molecular weight is 250 g/mol. The van der Waals surface area contributed by atoms with Gasteiger partial charge in [0.1, 0.15) is 0 Å². The Bertz CT molecular complexity index is 383. The summed E-state index contributed by atoms with van der Waals surface area (Å²) in [5, 5.41) is 8.25. The van der Waals surface area contributed by atoms with Gasteiger partial charge < -0.3 is 5.32 Å². The van der Waals surface area contributed by atoms with Crippen LogP contribution in [-0.4, -0.2) is 29.6 Å². The number of nitrogens with zero attached hydrogens (tertiary/aromatic N) is 1. The second-order valence-electron chi connectivity index (χ2n) is 5.67. The van der Waals surface area contributed by atoms with Crippen LogP contribution in [0.5, 0.6) is 0 Å². The summed E-state index contributed by atoms with van der Waals surface area (Å²) in [5.74, 6) is 0. The maximum absolute atomic E-state index is 3.73. The van der Waals surface area contributed by atoms with Crippen LogP contribution in [0.25, 0.3) is 0 Å². The van der Waals surface area contributed by atoms with Gasteiger partial charge in [-0.05, 0) is 55.0 Å². The van der Waals surface area contributed by atoms with Crippen molar-refractivity contribution in [1.82, 2.24) is 10.2 Å². The quantitative estimate of drug-likeness (QED) is 0.884. The normalized spacial score (nSPS) is 30.0. The van der Waals surface area contributed by atoms with Crippen LogP contribution in [0.1, 0.15) is 37.3 Å². The largest absolute Gasteiger partial charge is 0.309 e. The highest BCUT2D eigenvalue weighted by Gasteiger charge is 2.38. The summed E-state index contributed by atoms with van der Waals surface area (Å²) in [6, 6.07) is 2.40. The fourth-order valence-electron chi connectivity index (χ4n) is 2.94. The number of likely N-dealkylation sites (tertiary alicyclic amines) is 1. The lowest BCUT2D eigenvalue weighted by Crippen LogP contribution is -2.33. The third kappa shape index (κ3) is 2.56. The van der Waals surface area contributed by atoms with Crippen molar-refractivity contribution in [1.29, 1.82) is 0 Å². The van der Waals surface area contributed by atoms with E-state index in [0.717, 1.165) is 18.6 Å². The highest BCUT2D eigenvalue weighted by atomic mass is 32.1. The van der Waals surface area contributed by atoms with Gasteiger partial charge in [0.2, 0.25) is 0 Å². The highest BCUT2D eigenvalue weighted by molar-refractivity contribution is 7.08. The number of thiophene rings is 1. The zero-order valence-corrected chi connectivity index (χ0v) is 11.6. The van der Waals surface area contributed by atoms with Crippen LogP contribution in [0.2, 0.25) is 0 Å². The summed E-state index contributed by atoms with van der Waals surface area (Å²) in [6.07, 6.45) is 4.18. The Morgan fingerprint density at radius 1 is 1.41 bits per heavy atom. The van der Waals surface area contributed by atoms with Gasteiger partial charge in [0.05, 0.1) is 0 Å². The molecule has 0 aromatic carbocycles. The van der Waals surface area contributed by atoms with Crippen molar-refractivity contribution < 1.29 is 0 Å². The van der Waals surface area contributed by atoms with Crippen molar-refractivity contribution in [2.75, 3.05) is 6.54 Å². The zero-order chi connectivity index (χ0) is 11.8. The number of aryl methyl sites for hydroxylation is 1. The van der Waals surface area contributed by atoms with Gasteiger partial charge in [-0.2, -0.15) is 11.3 Å². The molecule has 0 spiro atoms. The molecule has 3 rings (SSSR count). The Labute approximate surface area is 108 Å². The molecule has 3 heteroatoms. The average Bonchev–Trinajstić information content (AvgIpc) is 2.96. The first kappa shape index (κ1) is 11.7. The van der Waals surface area contributed by atoms with Crippen LogP contribution >= 0.6 is 11.3 Å². The first-order chi connectivity index (χ1) is 8.24. The molecule has 1 aromatic heterocycles. The van der Waals surface area contributed by atoms with Gasteiger partial charge in [-0.3, -0.25) is 4.90 Å². The summed E-state index contributed by atoms with van der Waals surface area (Å²) in [4.78, 5) is 2.71. The minimum atomic E-state index is 0.699. The summed E-state index contributed by atoms with van der Waals surface area (Å²) in [6.45, 7) is 6.90. The molecular weight excluding hydrogens is 228 g/mol. The molecule has 0 amide bonds. The van der Waals surface area contributed by atoms with Crippen molar-refractivity contribution in [2.45, 2.75) is 57.8 Å². The Morgan fingerprint density at radius 2 is 2.24 bits per heavy atom. The molecule has 2 aliphatic rings. The van der Waals surface area contributed by atoms with E-state index < -0.39 is 0 Å². The van der Waals surface area contributed by atoms with E-state index >= 15 is 0 Å². The van der Waals surface area contributed by atoms with E-state index in [1.165, 1.54) is 36.9 Å². The molecule has 2 unspecified atom stereocenters. The van der Waals surface area contributed by atoms with Crippen LogP contribution in [0.3, 0.4) is 0 Å². The van der Waals surface area contributed by atoms with E-state index in [4.69, 9.17) is 0 Å². The summed E-state index contributed by atoms with van der Waals surface area (Å²) >= 11 is 1.81. The topological polar surface area (TPSA) is 15.3 Å². The molecule has 1 aliphatic carbocycles. The van der Waals surface area contributed by atoms with Crippen molar-refractivity contribution in [2.24, 2.45) is 0 Å². The maximum atomic E-state index is 3.73. The molecule has 2 nitrogen and oxygen atoms in total. The lowest BCUT2D eigenvalue weighted by Gasteiger charge is -2.19. The highest BCUT2D eigenvalue weighted by Crippen LogP contribution is 2.33. The number of hydrogen-bond acceptors (Lipinski definition) is 3. The third-order valence-electron chi connectivity index (χ3n) is 4.18. The summed E-state index contributed by atoms with van der Waals surface area (Å²) in [5.41, 5.74) is 2.92. The fraction of sp³-hybridized carbons (Fsp3) is 0.714. The second kappa shape index (κ2) is 4.71. The molecule has 2 fully saturated rings. The van der Waals surface area contributed by atoms with Gasteiger partial charge in [-0.1, -0.05) is 0 Å². The first-order valence-corrected chi connectivity index (χ1v) is 7.69. The predicted octanol–water partition coefficient (Wildman–Crippen LogP) is 2.77. The van der Waals surface area contributed by atoms with Crippen LogP contribution in [0.15, 0.2) is 10.8 Å². The van der Waals surface area contributed by atoms with Gasteiger partial charge in [-0.15, -0.1) is 0 Å². The van der Waals surface area contributed by atoms with Crippen molar-refractivity contribution in [3.05, 3.63) is 21.9 Å². The SMILES string of the molecule is Cc1cscc1CNC1CC(C)N(C2CC2)C1. The van der Waals surface area contributed by atoms with Crippen molar-refractivity contribution >= 4 is 11.3 Å². The predicted molar refractivity (Wildman–Crippen MR) is 73.5 cm³/mol. The Hall–Kier alpha value is -0.380. The van der Waals surface area contributed by atoms with Gasteiger partial charge in [-0.25, -0.2) is 0 Å². The molecular formula is C14H22N2S. The van der Waals surface area contributed by atoms with E-state index in [-0.39, 0.29) is 0 Å². The van der Waals surface area contributed by atoms with E-state index in [9.17, 15) is 0 Å². The van der Waals surface area contributed by atoms with E-state index in [0.29, 0.717) is 6.04 Å². The van der Waals surface area contributed by atoms with Crippen LogP contribution in [-0.2, 0) is 6.54 Å². The molecule has 2 atom stereocenters. The molecule has 1 aliphatic heterocycles. The number of hydrogen-bond donors (Lipinski definition) is 1. The summed E-state index contributed by atoms with van der Waals surface area (Å²) in [7, 11) is 0. The monoisotopic (exact) mass is 250 g/mol. The maximum Gasteiger partial charge on any atom is 0.0219 e. The van der Waals surface area contributed by atoms with Crippen LogP contribution < -0.4 is 5.32 Å². The Morgan fingerprint density at radius 3 is 2.88 bits per heavy atom. The smallest absolute Gasteiger partial charge is 0.0219 e. The minimum absolute atomic E-state index is 0.699. The fourth-order valence-corrected chi connectivity index (χ4v) is 3.80. The lowest BCUT2D eigenvalue weighted by atomic mass is 10.1. The molecule has 1 saturated heterocycles. The summed E-state index contributed by atoms with van der Waals surface area (Å²) < 4.78 is 0. The van der Waals surface area contributed by atoms with Gasteiger partial charge >= 0.3 is 0 Å².